The number of carbonyl (C=O) groups is 4. The number of fused-ring (bicyclic) bond motifs is 3. The number of rotatable bonds is 6. The van der Waals surface area contributed by atoms with Crippen LogP contribution in [-0.2, 0) is 22.6 Å². The van der Waals surface area contributed by atoms with E-state index in [0.29, 0.717) is 34.6 Å². The first-order valence-electron chi connectivity index (χ1n) is 15.0. The number of aromatic hydroxyl groups is 1. The molecule has 0 bridgehead atoms. The first kappa shape index (κ1) is 32.0. The maximum Gasteiger partial charge on any atom is 0.315 e. The van der Waals surface area contributed by atoms with Crippen molar-refractivity contribution in [2.24, 2.45) is 23.5 Å². The first-order chi connectivity index (χ1) is 21.1. The lowest BCUT2D eigenvalue weighted by Crippen LogP contribution is -2.63. The summed E-state index contributed by atoms with van der Waals surface area (Å²) in [5.74, 6) is -7.02. The van der Waals surface area contributed by atoms with Crippen LogP contribution in [0.15, 0.2) is 41.7 Å². The number of hydrogen-bond donors (Lipinski definition) is 7. The molecule has 12 heteroatoms. The summed E-state index contributed by atoms with van der Waals surface area (Å²) in [4.78, 5) is 51.6. The Bertz CT molecular complexity index is 1630. The van der Waals surface area contributed by atoms with Gasteiger partial charge in [-0.2, -0.15) is 0 Å². The molecule has 240 valence electrons. The molecule has 5 atom stereocenters. The van der Waals surface area contributed by atoms with Crippen LogP contribution in [-0.4, -0.2) is 67.8 Å². The van der Waals surface area contributed by atoms with Gasteiger partial charge in [0.25, 0.3) is 0 Å². The fourth-order valence-electron chi connectivity index (χ4n) is 6.94. The van der Waals surface area contributed by atoms with E-state index >= 15 is 0 Å². The second-order valence-electron chi connectivity index (χ2n) is 13.0. The predicted molar refractivity (Wildman–Crippen MR) is 162 cm³/mol. The first-order valence-corrected chi connectivity index (χ1v) is 15.0. The third-order valence-electron chi connectivity index (χ3n) is 8.87. The number of nitrogens with one attached hydrogen (secondary N) is 2. The van der Waals surface area contributed by atoms with E-state index in [-0.39, 0.29) is 48.7 Å². The lowest BCUT2D eigenvalue weighted by atomic mass is 9.57. The second kappa shape index (κ2) is 11.5. The Kier molecular flexibility index (Phi) is 8.17. The number of amides is 3. The van der Waals surface area contributed by atoms with Gasteiger partial charge >= 0.3 is 6.03 Å². The molecule has 1 fully saturated rings. The molecule has 3 aliphatic carbocycles. The molecule has 0 aliphatic heterocycles. The molecule has 0 aromatic heterocycles. The fraction of sp³-hybridized carbons (Fsp3) is 0.455. The molecule has 3 amide bonds. The largest absolute Gasteiger partial charge is 0.508 e. The SMILES string of the molecule is CCOc1ccc(-c2ccc(O)c3c2C[C@H]2C[C@H]4CC(O)C(C(N)=O)C(=O)[C@@]4(O)C(O)=C2C3=O)cc1CNC(=O)NC(C)(C)C. The predicted octanol–water partition coefficient (Wildman–Crippen LogP) is 2.41. The number of ketones is 2. The van der Waals surface area contributed by atoms with Crippen molar-refractivity contribution in [2.45, 2.75) is 70.7 Å². The molecule has 2 unspecified atom stereocenters. The highest BCUT2D eigenvalue weighted by molar-refractivity contribution is 6.16. The van der Waals surface area contributed by atoms with Crippen LogP contribution in [0.3, 0.4) is 0 Å². The van der Waals surface area contributed by atoms with Crippen molar-refractivity contribution in [3.05, 3.63) is 58.4 Å². The zero-order chi connectivity index (χ0) is 33.0. The lowest BCUT2D eigenvalue weighted by molar-refractivity contribution is -0.167. The van der Waals surface area contributed by atoms with E-state index in [9.17, 15) is 39.6 Å². The topological polar surface area (TPSA) is 209 Å². The van der Waals surface area contributed by atoms with Gasteiger partial charge in [0.2, 0.25) is 5.91 Å². The van der Waals surface area contributed by atoms with Gasteiger partial charge in [-0.05, 0) is 87.8 Å². The van der Waals surface area contributed by atoms with Gasteiger partial charge < -0.3 is 41.5 Å². The Morgan fingerprint density at radius 1 is 1.11 bits per heavy atom. The minimum Gasteiger partial charge on any atom is -0.508 e. The number of Topliss-reactive ketones (excluding diaryl/α,β-unsaturated/α-hetero) is 2. The number of aliphatic hydroxyl groups is 3. The maximum absolute atomic E-state index is 14.0. The number of primary amides is 1. The lowest BCUT2D eigenvalue weighted by Gasteiger charge is -2.48. The van der Waals surface area contributed by atoms with Gasteiger partial charge in [0, 0.05) is 29.1 Å². The molecule has 0 radical (unpaired) electrons. The van der Waals surface area contributed by atoms with Crippen molar-refractivity contribution in [3.63, 3.8) is 0 Å². The molecule has 2 aromatic rings. The molecule has 45 heavy (non-hydrogen) atoms. The molecule has 1 saturated carbocycles. The number of allylic oxidation sites excluding steroid dienone is 1. The average molecular weight is 622 g/mol. The highest BCUT2D eigenvalue weighted by Gasteiger charge is 2.62. The number of phenolic OH excluding ortho intramolecular Hbond substituents is 1. The van der Waals surface area contributed by atoms with E-state index in [1.54, 1.807) is 12.1 Å². The number of hydrogen-bond acceptors (Lipinski definition) is 9. The van der Waals surface area contributed by atoms with Crippen LogP contribution in [0.2, 0.25) is 0 Å². The number of benzene rings is 2. The van der Waals surface area contributed by atoms with Crippen molar-refractivity contribution in [3.8, 4) is 22.6 Å². The second-order valence-corrected chi connectivity index (χ2v) is 13.0. The highest BCUT2D eigenvalue weighted by atomic mass is 16.5. The van der Waals surface area contributed by atoms with Crippen LogP contribution < -0.4 is 21.1 Å². The van der Waals surface area contributed by atoms with Crippen molar-refractivity contribution >= 4 is 23.5 Å². The van der Waals surface area contributed by atoms with E-state index in [4.69, 9.17) is 10.5 Å². The fourth-order valence-corrected chi connectivity index (χ4v) is 6.94. The van der Waals surface area contributed by atoms with E-state index in [1.165, 1.54) is 6.07 Å². The number of phenols is 1. The van der Waals surface area contributed by atoms with Gasteiger partial charge in [0.05, 0.1) is 18.3 Å². The number of aliphatic hydroxyl groups excluding tert-OH is 2. The molecule has 0 spiro atoms. The molecule has 0 heterocycles. The molecule has 5 rings (SSSR count). The zero-order valence-corrected chi connectivity index (χ0v) is 25.6. The Labute approximate surface area is 260 Å². The van der Waals surface area contributed by atoms with Crippen molar-refractivity contribution in [2.75, 3.05) is 6.61 Å². The van der Waals surface area contributed by atoms with Gasteiger partial charge in [-0.15, -0.1) is 0 Å². The number of urea groups is 1. The quantitative estimate of drug-likeness (QED) is 0.236. The maximum atomic E-state index is 14.0. The molecule has 2 aromatic carbocycles. The Morgan fingerprint density at radius 3 is 2.47 bits per heavy atom. The van der Waals surface area contributed by atoms with Gasteiger partial charge in [-0.25, -0.2) is 4.79 Å². The molecule has 12 nitrogen and oxygen atoms in total. The minimum absolute atomic E-state index is 0.0613. The summed E-state index contributed by atoms with van der Waals surface area (Å²) in [5, 5.41) is 49.9. The van der Waals surface area contributed by atoms with E-state index < -0.39 is 58.2 Å². The molecular formula is C33H39N3O9. The number of nitrogens with two attached hydrogens (primary N) is 1. The standard InChI is InChI=1S/C33H39N3O9/c1-5-45-23-9-6-15(10-17(23)14-35-31(43)36-32(2,3)4)19-7-8-21(37)25-20(19)12-16-11-18-13-22(38)26(30(34)42)29(41)33(18,44)28(40)24(16)27(25)39/h6-10,16,18,22,26,37-38,40,44H,5,11-14H2,1-4H3,(H2,34,42)(H2,35,36,43)/t16-,18+,22?,26?,33+/m1/s1. The van der Waals surface area contributed by atoms with Gasteiger partial charge in [0.15, 0.2) is 17.2 Å². The summed E-state index contributed by atoms with van der Waals surface area (Å²) in [5.41, 5.74) is 4.56. The summed E-state index contributed by atoms with van der Waals surface area (Å²) < 4.78 is 5.79. The minimum atomic E-state index is -2.57. The summed E-state index contributed by atoms with van der Waals surface area (Å²) in [6.45, 7) is 8.00. The van der Waals surface area contributed by atoms with Crippen molar-refractivity contribution in [1.29, 1.82) is 0 Å². The monoisotopic (exact) mass is 621 g/mol. The normalized spacial score (nSPS) is 26.0. The van der Waals surface area contributed by atoms with Gasteiger partial charge in [0.1, 0.15) is 23.2 Å². The Morgan fingerprint density at radius 2 is 1.82 bits per heavy atom. The Hall–Kier alpha value is -4.42. The van der Waals surface area contributed by atoms with Crippen molar-refractivity contribution < 1.29 is 44.3 Å². The number of ether oxygens (including phenoxy) is 1. The molecule has 0 saturated heterocycles. The smallest absolute Gasteiger partial charge is 0.315 e. The summed E-state index contributed by atoms with van der Waals surface area (Å²) in [7, 11) is 0. The number of carbonyl (C=O) groups excluding carboxylic acids is 4. The van der Waals surface area contributed by atoms with E-state index in [2.05, 4.69) is 10.6 Å². The van der Waals surface area contributed by atoms with Crippen LogP contribution in [0.1, 0.15) is 62.0 Å². The van der Waals surface area contributed by atoms with Crippen LogP contribution in [0.5, 0.6) is 11.5 Å². The summed E-state index contributed by atoms with van der Waals surface area (Å²) in [6, 6.07) is 8.10. The van der Waals surface area contributed by atoms with E-state index in [1.807, 2.05) is 39.8 Å². The molecule has 8 N–H and O–H groups in total. The highest BCUT2D eigenvalue weighted by Crippen LogP contribution is 2.52. The molecular weight excluding hydrogens is 582 g/mol. The van der Waals surface area contributed by atoms with Crippen molar-refractivity contribution in [1.82, 2.24) is 10.6 Å². The van der Waals surface area contributed by atoms with Crippen LogP contribution >= 0.6 is 0 Å². The Balaban J connectivity index is 1.56. The van der Waals surface area contributed by atoms with Gasteiger partial charge in [-0.1, -0.05) is 12.1 Å². The third kappa shape index (κ3) is 5.53. The van der Waals surface area contributed by atoms with E-state index in [0.717, 1.165) is 0 Å². The average Bonchev–Trinajstić information content (AvgIpc) is 2.93. The summed E-state index contributed by atoms with van der Waals surface area (Å²) in [6.07, 6.45) is -1.39. The zero-order valence-electron chi connectivity index (χ0n) is 25.6. The van der Waals surface area contributed by atoms with Crippen LogP contribution in [0, 0.1) is 17.8 Å². The summed E-state index contributed by atoms with van der Waals surface area (Å²) >= 11 is 0. The third-order valence-corrected chi connectivity index (χ3v) is 8.87. The molecule has 3 aliphatic rings. The van der Waals surface area contributed by atoms with Crippen LogP contribution in [0.25, 0.3) is 11.1 Å². The van der Waals surface area contributed by atoms with Gasteiger partial charge in [-0.3, -0.25) is 14.4 Å². The van der Waals surface area contributed by atoms with Crippen LogP contribution in [0.4, 0.5) is 4.79 Å².